The number of imidazole rings is 1. The van der Waals surface area contributed by atoms with Gasteiger partial charge in [0.2, 0.25) is 5.91 Å². The highest BCUT2D eigenvalue weighted by atomic mass is 16.5. The van der Waals surface area contributed by atoms with E-state index in [4.69, 9.17) is 14.5 Å². The van der Waals surface area contributed by atoms with Crippen LogP contribution in [0.3, 0.4) is 0 Å². The number of hydrogen-bond donors (Lipinski definition) is 1. The Kier molecular flexibility index (Phi) is 5.13. The van der Waals surface area contributed by atoms with Crippen LogP contribution in [0.4, 0.5) is 0 Å². The molecule has 1 aromatic carbocycles. The van der Waals surface area contributed by atoms with Gasteiger partial charge in [-0.1, -0.05) is 0 Å². The number of morpholine rings is 1. The van der Waals surface area contributed by atoms with E-state index in [2.05, 4.69) is 9.88 Å². The van der Waals surface area contributed by atoms with Crippen LogP contribution in [-0.2, 0) is 22.5 Å². The van der Waals surface area contributed by atoms with Crippen molar-refractivity contribution < 1.29 is 14.3 Å². The number of aromatic nitrogens is 2. The van der Waals surface area contributed by atoms with Gasteiger partial charge in [0.25, 0.3) is 0 Å². The first-order chi connectivity index (χ1) is 13.2. The molecule has 1 fully saturated rings. The molecular weight excluding hydrogens is 344 g/mol. The summed E-state index contributed by atoms with van der Waals surface area (Å²) in [4.78, 5) is 25.3. The molecule has 1 amide bonds. The van der Waals surface area contributed by atoms with E-state index < -0.39 is 0 Å². The Labute approximate surface area is 159 Å². The first kappa shape index (κ1) is 18.0. The topological polar surface area (TPSA) is 70.7 Å². The van der Waals surface area contributed by atoms with E-state index in [0.29, 0.717) is 26.3 Å². The van der Waals surface area contributed by atoms with E-state index in [9.17, 15) is 4.79 Å². The Morgan fingerprint density at radius 1 is 1.22 bits per heavy atom. The van der Waals surface area contributed by atoms with Crippen molar-refractivity contribution in [2.75, 3.05) is 40.0 Å². The third-order valence-corrected chi connectivity index (χ3v) is 5.46. The van der Waals surface area contributed by atoms with Gasteiger partial charge in [0.1, 0.15) is 11.6 Å². The largest absolute Gasteiger partial charge is 0.497 e. The molecule has 0 spiro atoms. The Bertz CT molecular complexity index is 796. The lowest BCUT2D eigenvalue weighted by Crippen LogP contribution is -2.51. The number of H-pyrrole nitrogens is 1. The van der Waals surface area contributed by atoms with Crippen molar-refractivity contribution >= 4 is 5.91 Å². The van der Waals surface area contributed by atoms with Crippen molar-refractivity contribution in [2.24, 2.45) is 0 Å². The molecule has 1 N–H and O–H groups in total. The third kappa shape index (κ3) is 3.70. The molecule has 7 heteroatoms. The van der Waals surface area contributed by atoms with Gasteiger partial charge in [0.15, 0.2) is 0 Å². The van der Waals surface area contributed by atoms with Crippen LogP contribution in [0, 0.1) is 0 Å². The maximum atomic E-state index is 12.9. The zero-order valence-electron chi connectivity index (χ0n) is 15.9. The molecule has 0 bridgehead atoms. The zero-order chi connectivity index (χ0) is 18.8. The summed E-state index contributed by atoms with van der Waals surface area (Å²) in [5.41, 5.74) is 3.11. The summed E-state index contributed by atoms with van der Waals surface area (Å²) in [7, 11) is 1.66. The van der Waals surface area contributed by atoms with Crippen molar-refractivity contribution in [1.82, 2.24) is 19.8 Å². The second-order valence-corrected chi connectivity index (χ2v) is 7.07. The minimum atomic E-state index is -0.112. The lowest BCUT2D eigenvalue weighted by molar-refractivity contribution is -0.139. The molecule has 7 nitrogen and oxygen atoms in total. The second-order valence-electron chi connectivity index (χ2n) is 7.07. The summed E-state index contributed by atoms with van der Waals surface area (Å²) >= 11 is 0. The van der Waals surface area contributed by atoms with Crippen LogP contribution >= 0.6 is 0 Å². The quantitative estimate of drug-likeness (QED) is 0.887. The average Bonchev–Trinajstić information content (AvgIpc) is 3.16. The fourth-order valence-electron chi connectivity index (χ4n) is 3.75. The molecular formula is C20H26N4O3. The highest BCUT2D eigenvalue weighted by Gasteiger charge is 2.30. The molecule has 0 aliphatic carbocycles. The number of nitrogens with one attached hydrogen (secondary N) is 1. The number of nitrogens with zero attached hydrogens (tertiary/aromatic N) is 3. The summed E-state index contributed by atoms with van der Waals surface area (Å²) < 4.78 is 10.6. The van der Waals surface area contributed by atoms with E-state index in [-0.39, 0.29) is 11.9 Å². The van der Waals surface area contributed by atoms with Crippen molar-refractivity contribution in [2.45, 2.75) is 25.9 Å². The number of benzene rings is 1. The minimum Gasteiger partial charge on any atom is -0.497 e. The molecule has 144 valence electrons. The van der Waals surface area contributed by atoms with Gasteiger partial charge in [-0.15, -0.1) is 0 Å². The molecule has 2 aromatic rings. The van der Waals surface area contributed by atoms with Crippen LogP contribution in [0.2, 0.25) is 0 Å². The molecule has 2 aliphatic rings. The lowest BCUT2D eigenvalue weighted by atomic mass is 10.1. The van der Waals surface area contributed by atoms with Crippen molar-refractivity contribution in [3.8, 4) is 17.1 Å². The van der Waals surface area contributed by atoms with Gasteiger partial charge in [-0.2, -0.15) is 0 Å². The van der Waals surface area contributed by atoms with Gasteiger partial charge >= 0.3 is 0 Å². The van der Waals surface area contributed by atoms with Gasteiger partial charge < -0.3 is 19.4 Å². The number of amides is 1. The van der Waals surface area contributed by atoms with Crippen LogP contribution < -0.4 is 4.74 Å². The maximum Gasteiger partial charge on any atom is 0.240 e. The first-order valence-corrected chi connectivity index (χ1v) is 9.48. The van der Waals surface area contributed by atoms with Gasteiger partial charge in [0.05, 0.1) is 44.3 Å². The Balaban J connectivity index is 1.46. The number of ether oxygens (including phenoxy) is 2. The van der Waals surface area contributed by atoms with Crippen LogP contribution in [0.15, 0.2) is 24.3 Å². The number of rotatable bonds is 4. The molecule has 4 rings (SSSR count). The van der Waals surface area contributed by atoms with E-state index in [0.717, 1.165) is 48.0 Å². The summed E-state index contributed by atoms with van der Waals surface area (Å²) in [6.07, 6.45) is 0.781. The molecule has 1 atom stereocenters. The van der Waals surface area contributed by atoms with E-state index in [1.165, 1.54) is 0 Å². The molecule has 0 radical (unpaired) electrons. The molecule has 0 unspecified atom stereocenters. The standard InChI is InChI=1S/C20H26N4O3/c1-14(23-9-11-27-12-10-23)20(25)24-8-7-17-18(13-24)22-19(21-17)15-3-5-16(26-2)6-4-15/h3-6,14H,7-13H2,1-2H3,(H,21,22)/t14-/m1/s1. The van der Waals surface area contributed by atoms with E-state index in [1.54, 1.807) is 7.11 Å². The SMILES string of the molecule is COc1ccc(-c2nc3c([nH]2)CN(C(=O)[C@@H](C)N2CCOCC2)CC3)cc1. The third-order valence-electron chi connectivity index (χ3n) is 5.46. The highest BCUT2D eigenvalue weighted by molar-refractivity contribution is 5.81. The minimum absolute atomic E-state index is 0.112. The Hall–Kier alpha value is -2.38. The van der Waals surface area contributed by atoms with Crippen LogP contribution in [0.25, 0.3) is 11.4 Å². The average molecular weight is 370 g/mol. The van der Waals surface area contributed by atoms with E-state index in [1.807, 2.05) is 36.1 Å². The number of aromatic amines is 1. The monoisotopic (exact) mass is 370 g/mol. The molecule has 2 aliphatic heterocycles. The second kappa shape index (κ2) is 7.70. The number of carbonyl (C=O) groups is 1. The highest BCUT2D eigenvalue weighted by Crippen LogP contribution is 2.25. The summed E-state index contributed by atoms with van der Waals surface area (Å²) in [5, 5.41) is 0. The van der Waals surface area contributed by atoms with Crippen molar-refractivity contribution in [3.05, 3.63) is 35.7 Å². The Morgan fingerprint density at radius 2 is 1.96 bits per heavy atom. The predicted molar refractivity (Wildman–Crippen MR) is 102 cm³/mol. The molecule has 3 heterocycles. The maximum absolute atomic E-state index is 12.9. The molecule has 27 heavy (non-hydrogen) atoms. The zero-order valence-corrected chi connectivity index (χ0v) is 15.9. The summed E-state index contributed by atoms with van der Waals surface area (Å²) in [5.74, 6) is 1.85. The molecule has 1 saturated heterocycles. The van der Waals surface area contributed by atoms with Crippen molar-refractivity contribution in [3.63, 3.8) is 0 Å². The fourth-order valence-corrected chi connectivity index (χ4v) is 3.75. The predicted octanol–water partition coefficient (Wildman–Crippen LogP) is 1.69. The van der Waals surface area contributed by atoms with Gasteiger partial charge in [-0.05, 0) is 31.2 Å². The lowest BCUT2D eigenvalue weighted by Gasteiger charge is -2.35. The van der Waals surface area contributed by atoms with Gasteiger partial charge in [0, 0.05) is 31.6 Å². The van der Waals surface area contributed by atoms with Crippen LogP contribution in [0.5, 0.6) is 5.75 Å². The van der Waals surface area contributed by atoms with Crippen molar-refractivity contribution in [1.29, 1.82) is 0 Å². The molecule has 1 aromatic heterocycles. The molecule has 0 saturated carbocycles. The summed E-state index contributed by atoms with van der Waals surface area (Å²) in [6, 6.07) is 7.73. The Morgan fingerprint density at radius 3 is 2.67 bits per heavy atom. The van der Waals surface area contributed by atoms with Crippen LogP contribution in [-0.4, -0.2) is 71.7 Å². The summed E-state index contributed by atoms with van der Waals surface area (Å²) in [6.45, 7) is 6.34. The van der Waals surface area contributed by atoms with Gasteiger partial charge in [-0.3, -0.25) is 9.69 Å². The van der Waals surface area contributed by atoms with Crippen LogP contribution in [0.1, 0.15) is 18.3 Å². The number of methoxy groups -OCH3 is 1. The number of fused-ring (bicyclic) bond motifs is 1. The number of carbonyl (C=O) groups excluding carboxylic acids is 1. The normalized spacial score (nSPS) is 18.8. The first-order valence-electron chi connectivity index (χ1n) is 9.48. The van der Waals surface area contributed by atoms with Gasteiger partial charge in [-0.25, -0.2) is 4.98 Å². The fraction of sp³-hybridized carbons (Fsp3) is 0.500. The smallest absolute Gasteiger partial charge is 0.240 e. The number of hydrogen-bond acceptors (Lipinski definition) is 5. The van der Waals surface area contributed by atoms with E-state index >= 15 is 0 Å².